The Morgan fingerprint density at radius 2 is 2.10 bits per heavy atom. The highest BCUT2D eigenvalue weighted by Gasteiger charge is 2.35. The molecule has 0 radical (unpaired) electrons. The van der Waals surface area contributed by atoms with Crippen molar-refractivity contribution in [2.45, 2.75) is 32.3 Å². The number of thiazole rings is 1. The Bertz CT molecular complexity index is 883. The number of β-amino-alcohol motifs (C(OH)–C–C–N with tert-alkyl or cyclic N) is 1. The standard InChI is InChI=1S/C19H26N6O4S/c1-12-14(13(2)24-18(20)23-12)3-4-16(26)25-5-6-29-10-19(28,9-25)8-21-17(27)15-7-30-11-22-15/h7,11,28H,3-6,8-10H2,1-2H3,(H,21,27)(H2,20,23,24). The van der Waals surface area contributed by atoms with Gasteiger partial charge in [0.05, 0.1) is 31.8 Å². The number of amides is 2. The van der Waals surface area contributed by atoms with E-state index in [1.165, 1.54) is 11.3 Å². The minimum Gasteiger partial charge on any atom is -0.384 e. The molecule has 2 aromatic heterocycles. The first-order chi connectivity index (χ1) is 14.3. The molecule has 0 saturated carbocycles. The molecule has 0 bridgehead atoms. The molecule has 4 N–H and O–H groups in total. The lowest BCUT2D eigenvalue weighted by atomic mass is 10.0. The van der Waals surface area contributed by atoms with E-state index >= 15 is 0 Å². The molecule has 1 aliphatic rings. The van der Waals surface area contributed by atoms with Gasteiger partial charge in [0.1, 0.15) is 11.3 Å². The maximum absolute atomic E-state index is 12.8. The number of nitrogen functional groups attached to an aromatic ring is 1. The molecule has 1 aliphatic heterocycles. The molecule has 3 heterocycles. The normalized spacial score (nSPS) is 19.4. The van der Waals surface area contributed by atoms with E-state index < -0.39 is 5.60 Å². The number of nitrogens with two attached hydrogens (primary N) is 1. The molecule has 10 nitrogen and oxygen atoms in total. The lowest BCUT2D eigenvalue weighted by molar-refractivity contribution is -0.133. The molecular formula is C19H26N6O4S. The van der Waals surface area contributed by atoms with Crippen molar-refractivity contribution < 1.29 is 19.4 Å². The molecule has 2 amide bonds. The number of rotatable bonds is 6. The minimum absolute atomic E-state index is 0.0259. The summed E-state index contributed by atoms with van der Waals surface area (Å²) in [5.41, 5.74) is 8.55. The summed E-state index contributed by atoms with van der Waals surface area (Å²) in [4.78, 5) is 38.8. The minimum atomic E-state index is -1.38. The van der Waals surface area contributed by atoms with Crippen LogP contribution in [0.5, 0.6) is 0 Å². The SMILES string of the molecule is Cc1nc(N)nc(C)c1CCC(=O)N1CCOCC(O)(CNC(=O)c2cscn2)C1. The van der Waals surface area contributed by atoms with Crippen LogP contribution in [-0.2, 0) is 16.0 Å². The van der Waals surface area contributed by atoms with Gasteiger partial charge in [-0.25, -0.2) is 15.0 Å². The van der Waals surface area contributed by atoms with Crippen LogP contribution < -0.4 is 11.1 Å². The summed E-state index contributed by atoms with van der Waals surface area (Å²) in [5.74, 6) is -0.268. The van der Waals surface area contributed by atoms with Gasteiger partial charge in [0.2, 0.25) is 11.9 Å². The van der Waals surface area contributed by atoms with Crippen molar-refractivity contribution in [3.8, 4) is 0 Å². The van der Waals surface area contributed by atoms with Crippen LogP contribution in [0.3, 0.4) is 0 Å². The zero-order chi connectivity index (χ0) is 21.7. The monoisotopic (exact) mass is 434 g/mol. The summed E-state index contributed by atoms with van der Waals surface area (Å²) in [5, 5.41) is 15.2. The van der Waals surface area contributed by atoms with Gasteiger partial charge in [0, 0.05) is 29.7 Å². The highest BCUT2D eigenvalue weighted by Crippen LogP contribution is 2.17. The van der Waals surface area contributed by atoms with Crippen molar-refractivity contribution in [2.24, 2.45) is 0 Å². The summed E-state index contributed by atoms with van der Waals surface area (Å²) in [6.45, 7) is 4.42. The second kappa shape index (κ2) is 9.45. The van der Waals surface area contributed by atoms with Crippen LogP contribution in [-0.4, -0.2) is 75.2 Å². The molecular weight excluding hydrogens is 408 g/mol. The third kappa shape index (κ3) is 5.49. The van der Waals surface area contributed by atoms with Gasteiger partial charge in [0.15, 0.2) is 0 Å². The fourth-order valence-electron chi connectivity index (χ4n) is 3.41. The molecule has 162 valence electrons. The number of ether oxygens (including phenoxy) is 1. The van der Waals surface area contributed by atoms with E-state index in [1.807, 2.05) is 13.8 Å². The van der Waals surface area contributed by atoms with Crippen LogP contribution in [0.2, 0.25) is 0 Å². The summed E-state index contributed by atoms with van der Waals surface area (Å²) >= 11 is 1.31. The zero-order valence-corrected chi connectivity index (χ0v) is 17.9. The zero-order valence-electron chi connectivity index (χ0n) is 17.1. The smallest absolute Gasteiger partial charge is 0.270 e. The Morgan fingerprint density at radius 1 is 1.37 bits per heavy atom. The molecule has 0 aromatic carbocycles. The highest BCUT2D eigenvalue weighted by molar-refractivity contribution is 7.07. The average Bonchev–Trinajstić information content (AvgIpc) is 3.15. The fraction of sp³-hybridized carbons (Fsp3) is 0.526. The second-order valence-corrected chi connectivity index (χ2v) is 8.10. The molecule has 1 saturated heterocycles. The Kier molecular flexibility index (Phi) is 6.95. The van der Waals surface area contributed by atoms with Crippen LogP contribution >= 0.6 is 11.3 Å². The number of hydrogen-bond donors (Lipinski definition) is 3. The number of carbonyl (C=O) groups excluding carboxylic acids is 2. The number of aryl methyl sites for hydroxylation is 2. The van der Waals surface area contributed by atoms with Crippen molar-refractivity contribution in [3.63, 3.8) is 0 Å². The van der Waals surface area contributed by atoms with Gasteiger partial charge in [-0.3, -0.25) is 9.59 Å². The summed E-state index contributed by atoms with van der Waals surface area (Å²) in [7, 11) is 0. The molecule has 0 spiro atoms. The summed E-state index contributed by atoms with van der Waals surface area (Å²) < 4.78 is 5.49. The first kappa shape index (κ1) is 22.1. The van der Waals surface area contributed by atoms with E-state index in [4.69, 9.17) is 10.5 Å². The average molecular weight is 435 g/mol. The second-order valence-electron chi connectivity index (χ2n) is 7.38. The summed E-state index contributed by atoms with van der Waals surface area (Å²) in [6, 6.07) is 0. The Morgan fingerprint density at radius 3 is 2.77 bits per heavy atom. The van der Waals surface area contributed by atoms with Gasteiger partial charge in [-0.1, -0.05) is 0 Å². The van der Waals surface area contributed by atoms with E-state index in [0.29, 0.717) is 25.3 Å². The van der Waals surface area contributed by atoms with E-state index in [2.05, 4.69) is 20.3 Å². The van der Waals surface area contributed by atoms with E-state index in [0.717, 1.165) is 17.0 Å². The Hall–Kier alpha value is -2.63. The predicted octanol–water partition coefficient (Wildman–Crippen LogP) is 0.0846. The molecule has 3 rings (SSSR count). The number of aromatic nitrogens is 3. The van der Waals surface area contributed by atoms with E-state index in [-0.39, 0.29) is 43.9 Å². The van der Waals surface area contributed by atoms with Crippen molar-refractivity contribution >= 4 is 29.1 Å². The largest absolute Gasteiger partial charge is 0.384 e. The van der Waals surface area contributed by atoms with Gasteiger partial charge in [0.25, 0.3) is 5.91 Å². The van der Waals surface area contributed by atoms with Crippen molar-refractivity contribution in [1.29, 1.82) is 0 Å². The predicted molar refractivity (Wildman–Crippen MR) is 111 cm³/mol. The molecule has 1 atom stereocenters. The fourth-order valence-corrected chi connectivity index (χ4v) is 3.95. The number of nitrogens with zero attached hydrogens (tertiary/aromatic N) is 4. The van der Waals surface area contributed by atoms with Crippen LogP contribution in [0.4, 0.5) is 5.95 Å². The highest BCUT2D eigenvalue weighted by atomic mass is 32.1. The van der Waals surface area contributed by atoms with Gasteiger partial charge in [-0.05, 0) is 25.8 Å². The first-order valence-electron chi connectivity index (χ1n) is 9.61. The first-order valence-corrected chi connectivity index (χ1v) is 10.6. The molecule has 1 unspecified atom stereocenters. The lowest BCUT2D eigenvalue weighted by Gasteiger charge is -2.31. The molecule has 2 aromatic rings. The van der Waals surface area contributed by atoms with Crippen LogP contribution in [0.1, 0.15) is 33.9 Å². The quantitative estimate of drug-likeness (QED) is 0.580. The number of nitrogens with one attached hydrogen (secondary N) is 1. The van der Waals surface area contributed by atoms with Gasteiger partial charge in [-0.15, -0.1) is 11.3 Å². The molecule has 11 heteroatoms. The van der Waals surface area contributed by atoms with Gasteiger partial charge < -0.3 is 25.8 Å². The van der Waals surface area contributed by atoms with Crippen molar-refractivity contribution in [3.05, 3.63) is 33.5 Å². The number of anilines is 1. The van der Waals surface area contributed by atoms with E-state index in [9.17, 15) is 14.7 Å². The summed E-state index contributed by atoms with van der Waals surface area (Å²) in [6.07, 6.45) is 0.726. The molecule has 0 aliphatic carbocycles. The molecule has 30 heavy (non-hydrogen) atoms. The molecule has 1 fully saturated rings. The maximum atomic E-state index is 12.8. The van der Waals surface area contributed by atoms with Crippen LogP contribution in [0.25, 0.3) is 0 Å². The van der Waals surface area contributed by atoms with Gasteiger partial charge in [-0.2, -0.15) is 0 Å². The third-order valence-corrected chi connectivity index (χ3v) is 5.57. The lowest BCUT2D eigenvalue weighted by Crippen LogP contribution is -2.53. The van der Waals surface area contributed by atoms with E-state index in [1.54, 1.807) is 15.8 Å². The van der Waals surface area contributed by atoms with Crippen LogP contribution in [0.15, 0.2) is 10.9 Å². The number of hydrogen-bond acceptors (Lipinski definition) is 9. The van der Waals surface area contributed by atoms with Crippen molar-refractivity contribution in [1.82, 2.24) is 25.2 Å². The Labute approximate surface area is 178 Å². The number of aliphatic hydroxyl groups is 1. The number of carbonyl (C=O) groups is 2. The van der Waals surface area contributed by atoms with Gasteiger partial charge >= 0.3 is 0 Å². The topological polar surface area (TPSA) is 144 Å². The third-order valence-electron chi connectivity index (χ3n) is 4.98. The van der Waals surface area contributed by atoms with Crippen LogP contribution in [0, 0.1) is 13.8 Å². The maximum Gasteiger partial charge on any atom is 0.270 e. The van der Waals surface area contributed by atoms with Crippen molar-refractivity contribution in [2.75, 3.05) is 38.6 Å². The Balaban J connectivity index is 1.59.